The molecule has 6 nitrogen and oxygen atoms in total. The quantitative estimate of drug-likeness (QED) is 0.904. The molecule has 1 aliphatic heterocycles. The van der Waals surface area contributed by atoms with Crippen LogP contribution in [0.4, 0.5) is 17.5 Å². The minimum Gasteiger partial charge on any atom is -0.353 e. The van der Waals surface area contributed by atoms with Crippen LogP contribution in [0, 0.1) is 0 Å². The summed E-state index contributed by atoms with van der Waals surface area (Å²) in [7, 11) is 0. The molecule has 1 fully saturated rings. The molecular formula is C16H17Cl2N5O. The number of piperazine rings is 1. The predicted octanol–water partition coefficient (Wildman–Crippen LogP) is 3.20. The summed E-state index contributed by atoms with van der Waals surface area (Å²) in [6, 6.07) is 7.13. The van der Waals surface area contributed by atoms with Crippen molar-refractivity contribution in [3.63, 3.8) is 0 Å². The van der Waals surface area contributed by atoms with Crippen LogP contribution in [0.25, 0.3) is 0 Å². The van der Waals surface area contributed by atoms with E-state index < -0.39 is 0 Å². The van der Waals surface area contributed by atoms with Gasteiger partial charge in [0.25, 0.3) is 0 Å². The van der Waals surface area contributed by atoms with Crippen LogP contribution in [0.3, 0.4) is 0 Å². The zero-order valence-corrected chi connectivity index (χ0v) is 14.7. The maximum Gasteiger partial charge on any atom is 0.229 e. The van der Waals surface area contributed by atoms with Gasteiger partial charge in [0.1, 0.15) is 5.82 Å². The Labute approximate surface area is 150 Å². The van der Waals surface area contributed by atoms with Crippen molar-refractivity contribution in [1.29, 1.82) is 0 Å². The highest BCUT2D eigenvalue weighted by molar-refractivity contribution is 6.42. The molecule has 3 rings (SSSR count). The molecule has 0 unspecified atom stereocenters. The highest BCUT2D eigenvalue weighted by atomic mass is 35.5. The average molecular weight is 366 g/mol. The summed E-state index contributed by atoms with van der Waals surface area (Å²) >= 11 is 11.9. The summed E-state index contributed by atoms with van der Waals surface area (Å²) in [6.45, 7) is 4.51. The topological polar surface area (TPSA) is 61.4 Å². The van der Waals surface area contributed by atoms with E-state index in [1.165, 1.54) is 0 Å². The van der Waals surface area contributed by atoms with Crippen molar-refractivity contribution in [1.82, 2.24) is 14.9 Å². The normalized spacial score (nSPS) is 14.6. The summed E-state index contributed by atoms with van der Waals surface area (Å²) in [4.78, 5) is 24.2. The molecule has 24 heavy (non-hydrogen) atoms. The van der Waals surface area contributed by atoms with Gasteiger partial charge >= 0.3 is 0 Å². The molecule has 0 saturated carbocycles. The zero-order valence-electron chi connectivity index (χ0n) is 13.2. The number of anilines is 3. The standard InChI is InChI=1S/C16H17Cl2N5O/c1-11(24)22-6-8-23(9-7-22)15-4-5-19-16(21-15)20-12-2-3-13(17)14(18)10-12/h2-5,10H,6-9H2,1H3,(H,19,20,21). The Morgan fingerprint density at radius 2 is 1.88 bits per heavy atom. The average Bonchev–Trinajstić information content (AvgIpc) is 2.58. The number of carbonyl (C=O) groups is 1. The Kier molecular flexibility index (Phi) is 5.06. The number of nitrogens with zero attached hydrogens (tertiary/aromatic N) is 4. The highest BCUT2D eigenvalue weighted by Crippen LogP contribution is 2.26. The smallest absolute Gasteiger partial charge is 0.229 e. The van der Waals surface area contributed by atoms with Crippen LogP contribution >= 0.6 is 23.2 Å². The lowest BCUT2D eigenvalue weighted by Crippen LogP contribution is -2.48. The van der Waals surface area contributed by atoms with E-state index in [1.54, 1.807) is 25.3 Å². The van der Waals surface area contributed by atoms with Gasteiger partial charge in [0.05, 0.1) is 10.0 Å². The van der Waals surface area contributed by atoms with Gasteiger partial charge in [-0.15, -0.1) is 0 Å². The fourth-order valence-electron chi connectivity index (χ4n) is 2.54. The fraction of sp³-hybridized carbons (Fsp3) is 0.312. The van der Waals surface area contributed by atoms with Gasteiger partial charge in [0.2, 0.25) is 11.9 Å². The Hall–Kier alpha value is -2.05. The zero-order chi connectivity index (χ0) is 17.1. The van der Waals surface area contributed by atoms with E-state index in [2.05, 4.69) is 20.2 Å². The molecular weight excluding hydrogens is 349 g/mol. The van der Waals surface area contributed by atoms with Crippen LogP contribution in [0.1, 0.15) is 6.92 Å². The third-order valence-corrected chi connectivity index (χ3v) is 4.60. The van der Waals surface area contributed by atoms with E-state index in [1.807, 2.05) is 17.0 Å². The lowest BCUT2D eigenvalue weighted by Gasteiger charge is -2.34. The third-order valence-electron chi connectivity index (χ3n) is 3.87. The molecule has 1 aromatic heterocycles. The summed E-state index contributed by atoms with van der Waals surface area (Å²) in [5.41, 5.74) is 0.767. The molecule has 1 aliphatic rings. The van der Waals surface area contributed by atoms with Gasteiger partial charge in [-0.25, -0.2) is 4.98 Å². The SMILES string of the molecule is CC(=O)N1CCN(c2ccnc(Nc3ccc(Cl)c(Cl)c3)n2)CC1. The second kappa shape index (κ2) is 7.23. The lowest BCUT2D eigenvalue weighted by molar-refractivity contribution is -0.129. The number of benzene rings is 1. The second-order valence-corrected chi connectivity index (χ2v) is 6.30. The van der Waals surface area contributed by atoms with Crippen molar-refractivity contribution < 1.29 is 4.79 Å². The monoisotopic (exact) mass is 365 g/mol. The largest absolute Gasteiger partial charge is 0.353 e. The van der Waals surface area contributed by atoms with Crippen molar-refractivity contribution >= 4 is 46.6 Å². The summed E-state index contributed by atoms with van der Waals surface area (Å²) in [5.74, 6) is 1.43. The molecule has 0 aliphatic carbocycles. The first-order valence-corrected chi connectivity index (χ1v) is 8.34. The van der Waals surface area contributed by atoms with E-state index in [9.17, 15) is 4.79 Å². The van der Waals surface area contributed by atoms with Crippen molar-refractivity contribution in [2.75, 3.05) is 36.4 Å². The van der Waals surface area contributed by atoms with E-state index in [4.69, 9.17) is 23.2 Å². The number of hydrogen-bond donors (Lipinski definition) is 1. The number of halogens is 2. The Morgan fingerprint density at radius 3 is 2.54 bits per heavy atom. The molecule has 2 heterocycles. The first-order chi connectivity index (χ1) is 11.5. The maximum atomic E-state index is 11.4. The molecule has 2 aromatic rings. The molecule has 1 N–H and O–H groups in total. The molecule has 0 radical (unpaired) electrons. The fourth-order valence-corrected chi connectivity index (χ4v) is 2.84. The minimum absolute atomic E-state index is 0.110. The first-order valence-electron chi connectivity index (χ1n) is 7.58. The van der Waals surface area contributed by atoms with Crippen LogP contribution < -0.4 is 10.2 Å². The number of carbonyl (C=O) groups excluding carboxylic acids is 1. The summed E-state index contributed by atoms with van der Waals surface area (Å²) in [6.07, 6.45) is 1.71. The van der Waals surface area contributed by atoms with Crippen LogP contribution in [0.2, 0.25) is 10.0 Å². The number of hydrogen-bond acceptors (Lipinski definition) is 5. The molecule has 0 spiro atoms. The van der Waals surface area contributed by atoms with Crippen molar-refractivity contribution in [2.24, 2.45) is 0 Å². The molecule has 0 atom stereocenters. The van der Waals surface area contributed by atoms with E-state index in [0.29, 0.717) is 29.1 Å². The van der Waals surface area contributed by atoms with Gasteiger partial charge in [0.15, 0.2) is 0 Å². The van der Waals surface area contributed by atoms with Gasteiger partial charge in [-0.1, -0.05) is 23.2 Å². The van der Waals surface area contributed by atoms with Crippen molar-refractivity contribution in [3.05, 3.63) is 40.5 Å². The number of nitrogens with one attached hydrogen (secondary N) is 1. The predicted molar refractivity (Wildman–Crippen MR) is 96.2 cm³/mol. The van der Waals surface area contributed by atoms with Gasteiger partial charge in [0, 0.05) is 45.0 Å². The first kappa shape index (κ1) is 16.8. The lowest BCUT2D eigenvalue weighted by atomic mass is 10.3. The minimum atomic E-state index is 0.110. The van der Waals surface area contributed by atoms with Gasteiger partial charge < -0.3 is 15.1 Å². The van der Waals surface area contributed by atoms with Crippen LogP contribution in [-0.4, -0.2) is 47.0 Å². The maximum absolute atomic E-state index is 11.4. The summed E-state index contributed by atoms with van der Waals surface area (Å²) in [5, 5.41) is 4.09. The van der Waals surface area contributed by atoms with E-state index in [0.717, 1.165) is 24.6 Å². The van der Waals surface area contributed by atoms with Crippen molar-refractivity contribution in [3.8, 4) is 0 Å². The molecule has 0 bridgehead atoms. The van der Waals surface area contributed by atoms with Crippen LogP contribution in [0.5, 0.6) is 0 Å². The van der Waals surface area contributed by atoms with Crippen molar-refractivity contribution in [2.45, 2.75) is 6.92 Å². The second-order valence-electron chi connectivity index (χ2n) is 5.49. The third kappa shape index (κ3) is 3.88. The van der Waals surface area contributed by atoms with Gasteiger partial charge in [-0.2, -0.15) is 4.98 Å². The Morgan fingerprint density at radius 1 is 1.12 bits per heavy atom. The molecule has 8 heteroatoms. The van der Waals surface area contributed by atoms with Crippen LogP contribution in [-0.2, 0) is 4.79 Å². The van der Waals surface area contributed by atoms with Gasteiger partial charge in [-0.3, -0.25) is 4.79 Å². The van der Waals surface area contributed by atoms with Gasteiger partial charge in [-0.05, 0) is 24.3 Å². The molecule has 126 valence electrons. The summed E-state index contributed by atoms with van der Waals surface area (Å²) < 4.78 is 0. The molecule has 1 aromatic carbocycles. The molecule has 1 saturated heterocycles. The van der Waals surface area contributed by atoms with E-state index in [-0.39, 0.29) is 5.91 Å². The number of rotatable bonds is 3. The van der Waals surface area contributed by atoms with Crippen LogP contribution in [0.15, 0.2) is 30.5 Å². The Balaban J connectivity index is 1.70. The van der Waals surface area contributed by atoms with E-state index >= 15 is 0 Å². The number of amides is 1. The Bertz CT molecular complexity index is 747. The molecule has 1 amide bonds. The number of aromatic nitrogens is 2. The highest BCUT2D eigenvalue weighted by Gasteiger charge is 2.19.